The van der Waals surface area contributed by atoms with Crippen LogP contribution in [0.3, 0.4) is 0 Å². The highest BCUT2D eigenvalue weighted by atomic mass is 35.5. The Morgan fingerprint density at radius 3 is 2.35 bits per heavy atom. The van der Waals surface area contributed by atoms with Gasteiger partial charge in [0, 0.05) is 50.1 Å². The van der Waals surface area contributed by atoms with Gasteiger partial charge < -0.3 is 29.3 Å². The van der Waals surface area contributed by atoms with Gasteiger partial charge in [0.15, 0.2) is 0 Å². The highest BCUT2D eigenvalue weighted by Gasteiger charge is 2.43. The summed E-state index contributed by atoms with van der Waals surface area (Å²) in [5.41, 5.74) is 7.25. The zero-order valence-corrected chi connectivity index (χ0v) is 30.8. The van der Waals surface area contributed by atoms with Gasteiger partial charge in [-0.2, -0.15) is 0 Å². The van der Waals surface area contributed by atoms with E-state index in [1.807, 2.05) is 72.2 Å². The molecule has 2 bridgehead atoms. The predicted molar refractivity (Wildman–Crippen MR) is 198 cm³/mol. The number of nitrogens with one attached hydrogen (secondary N) is 1. The van der Waals surface area contributed by atoms with Gasteiger partial charge in [-0.1, -0.05) is 48.0 Å². The molecule has 3 aromatic carbocycles. The van der Waals surface area contributed by atoms with E-state index < -0.39 is 0 Å². The Labute approximate surface area is 305 Å². The minimum Gasteiger partial charge on any atom is -0.490 e. The number of hydrogen-bond acceptors (Lipinski definition) is 7. The number of piperazine rings is 1. The second kappa shape index (κ2) is 16.3. The number of hydrogen-bond donors (Lipinski definition) is 1. The number of esters is 1. The van der Waals surface area contributed by atoms with E-state index in [4.69, 9.17) is 25.8 Å². The van der Waals surface area contributed by atoms with Crippen LogP contribution in [0.5, 0.6) is 11.5 Å². The SMILES string of the molecule is COC(=O)CCCC(=O)N1C[C@H]2CC(c3ccc(OCCOc4cc(C)c(C)cc4Cl)cc3)=C(C(=O)N(Cc3ccccc3C)C3CC3)[C@@H](C1)N2. The monoisotopic (exact) mass is 713 g/mol. The second-order valence-electron chi connectivity index (χ2n) is 13.9. The lowest BCUT2D eigenvalue weighted by molar-refractivity contribution is -0.141. The molecule has 0 spiro atoms. The molecule has 0 radical (unpaired) electrons. The van der Waals surface area contributed by atoms with Crippen molar-refractivity contribution in [2.24, 2.45) is 0 Å². The Kier molecular flexibility index (Phi) is 11.7. The topological polar surface area (TPSA) is 97.4 Å². The van der Waals surface area contributed by atoms with E-state index >= 15 is 0 Å². The van der Waals surface area contributed by atoms with Crippen molar-refractivity contribution in [3.63, 3.8) is 0 Å². The molecule has 1 aliphatic carbocycles. The van der Waals surface area contributed by atoms with Crippen LogP contribution in [0.25, 0.3) is 5.57 Å². The fourth-order valence-corrected chi connectivity index (χ4v) is 7.29. The number of ether oxygens (including phenoxy) is 3. The summed E-state index contributed by atoms with van der Waals surface area (Å²) in [5.74, 6) is 1.05. The maximum absolute atomic E-state index is 14.8. The first-order chi connectivity index (χ1) is 24.6. The van der Waals surface area contributed by atoms with Gasteiger partial charge in [0.2, 0.25) is 5.91 Å². The number of aryl methyl sites for hydroxylation is 3. The predicted octanol–water partition coefficient (Wildman–Crippen LogP) is 6.58. The minimum absolute atomic E-state index is 0.00379. The van der Waals surface area contributed by atoms with E-state index in [1.165, 1.54) is 7.11 Å². The molecule has 270 valence electrons. The Bertz CT molecular complexity index is 1790. The summed E-state index contributed by atoms with van der Waals surface area (Å²) in [5, 5.41) is 4.27. The quantitative estimate of drug-likeness (QED) is 0.149. The number of rotatable bonds is 14. The number of benzene rings is 3. The Balaban J connectivity index is 1.21. The average Bonchev–Trinajstić information content (AvgIpc) is 3.97. The van der Waals surface area contributed by atoms with Crippen molar-refractivity contribution in [1.82, 2.24) is 15.1 Å². The van der Waals surface area contributed by atoms with Crippen LogP contribution in [0.1, 0.15) is 66.3 Å². The normalized spacial score (nSPS) is 18.3. The molecule has 10 heteroatoms. The highest BCUT2D eigenvalue weighted by molar-refractivity contribution is 6.32. The number of carbonyl (C=O) groups is 3. The van der Waals surface area contributed by atoms with Crippen molar-refractivity contribution in [2.75, 3.05) is 33.4 Å². The number of halogens is 1. The molecule has 3 aliphatic rings. The Morgan fingerprint density at radius 2 is 1.63 bits per heavy atom. The lowest BCUT2D eigenvalue weighted by Gasteiger charge is -2.45. The molecule has 6 rings (SSSR count). The lowest BCUT2D eigenvalue weighted by atomic mass is 9.82. The van der Waals surface area contributed by atoms with Gasteiger partial charge in [-0.25, -0.2) is 0 Å². The van der Waals surface area contributed by atoms with E-state index in [-0.39, 0.29) is 48.8 Å². The molecule has 2 heterocycles. The van der Waals surface area contributed by atoms with Crippen LogP contribution in [0.15, 0.2) is 66.2 Å². The van der Waals surface area contributed by atoms with Gasteiger partial charge >= 0.3 is 5.97 Å². The van der Waals surface area contributed by atoms with Crippen LogP contribution in [0.2, 0.25) is 5.02 Å². The van der Waals surface area contributed by atoms with Gasteiger partial charge in [-0.05, 0) is 104 Å². The zero-order chi connectivity index (χ0) is 36.1. The molecule has 0 unspecified atom stereocenters. The number of fused-ring (bicyclic) bond motifs is 2. The molecule has 2 atom stereocenters. The van der Waals surface area contributed by atoms with Crippen LogP contribution in [0.4, 0.5) is 0 Å². The third kappa shape index (κ3) is 8.94. The van der Waals surface area contributed by atoms with Gasteiger partial charge in [-0.3, -0.25) is 14.4 Å². The van der Waals surface area contributed by atoms with Crippen LogP contribution in [-0.2, 0) is 25.7 Å². The summed E-state index contributed by atoms with van der Waals surface area (Å²) in [6.45, 7) is 8.31. The van der Waals surface area contributed by atoms with Crippen LogP contribution >= 0.6 is 11.6 Å². The van der Waals surface area contributed by atoms with Crippen molar-refractivity contribution in [2.45, 2.75) is 84.0 Å². The van der Waals surface area contributed by atoms with Crippen molar-refractivity contribution in [1.29, 1.82) is 0 Å². The van der Waals surface area contributed by atoms with Crippen molar-refractivity contribution < 1.29 is 28.6 Å². The maximum Gasteiger partial charge on any atom is 0.305 e. The first kappa shape index (κ1) is 36.5. The molecule has 2 fully saturated rings. The first-order valence-corrected chi connectivity index (χ1v) is 18.3. The van der Waals surface area contributed by atoms with Gasteiger partial charge in [0.1, 0.15) is 24.7 Å². The molecule has 2 amide bonds. The van der Waals surface area contributed by atoms with E-state index in [1.54, 1.807) is 0 Å². The minimum atomic E-state index is -0.318. The summed E-state index contributed by atoms with van der Waals surface area (Å²) in [6, 6.07) is 19.9. The standard InChI is InChI=1S/C41H48ClN3O6/c1-26-8-5-6-9-30(26)23-45(32-14-15-32)41(48)40-34(22-31-24-44(25-36(40)43-31)38(46)10-7-11-39(47)49-4)29-12-16-33(17-13-29)50-18-19-51-37-21-28(3)27(2)20-35(37)42/h5-6,8-9,12-13,16-17,20-21,31-32,36,43H,7,10-11,14-15,18-19,22-25H2,1-4H3/t31-,36-/m1/s1. The third-order valence-electron chi connectivity index (χ3n) is 10.2. The summed E-state index contributed by atoms with van der Waals surface area (Å²) in [4.78, 5) is 43.7. The summed E-state index contributed by atoms with van der Waals surface area (Å²) >= 11 is 6.37. The van der Waals surface area contributed by atoms with Crippen molar-refractivity contribution >= 4 is 35.0 Å². The number of nitrogens with zero attached hydrogens (tertiary/aromatic N) is 2. The van der Waals surface area contributed by atoms with E-state index in [2.05, 4.69) is 24.4 Å². The summed E-state index contributed by atoms with van der Waals surface area (Å²) < 4.78 is 16.7. The molecular formula is C41H48ClN3O6. The van der Waals surface area contributed by atoms with Crippen LogP contribution < -0.4 is 14.8 Å². The van der Waals surface area contributed by atoms with Crippen LogP contribution in [-0.4, -0.2) is 79.1 Å². The molecule has 51 heavy (non-hydrogen) atoms. The fourth-order valence-electron chi connectivity index (χ4n) is 7.02. The summed E-state index contributed by atoms with van der Waals surface area (Å²) in [6.07, 6.45) is 3.48. The van der Waals surface area contributed by atoms with Crippen molar-refractivity contribution in [3.05, 3.63) is 99.1 Å². The first-order valence-electron chi connectivity index (χ1n) is 17.9. The highest BCUT2D eigenvalue weighted by Crippen LogP contribution is 2.38. The molecule has 0 aromatic heterocycles. The molecule has 1 saturated heterocycles. The van der Waals surface area contributed by atoms with Gasteiger partial charge in [-0.15, -0.1) is 0 Å². The maximum atomic E-state index is 14.8. The molecular weight excluding hydrogens is 666 g/mol. The largest absolute Gasteiger partial charge is 0.490 e. The molecule has 1 saturated carbocycles. The number of methoxy groups -OCH3 is 1. The molecule has 2 aliphatic heterocycles. The van der Waals surface area contributed by atoms with E-state index in [0.717, 1.165) is 51.8 Å². The zero-order valence-electron chi connectivity index (χ0n) is 30.0. The molecule has 3 aromatic rings. The number of carbonyl (C=O) groups excluding carboxylic acids is 3. The molecule has 9 nitrogen and oxygen atoms in total. The fraction of sp³-hybridized carbons (Fsp3) is 0.439. The second-order valence-corrected chi connectivity index (χ2v) is 14.3. The number of amides is 2. The van der Waals surface area contributed by atoms with Crippen molar-refractivity contribution in [3.8, 4) is 11.5 Å². The lowest BCUT2D eigenvalue weighted by Crippen LogP contribution is -2.62. The van der Waals surface area contributed by atoms with E-state index in [0.29, 0.717) is 62.2 Å². The Morgan fingerprint density at radius 1 is 0.902 bits per heavy atom. The van der Waals surface area contributed by atoms with Crippen LogP contribution in [0, 0.1) is 20.8 Å². The average molecular weight is 714 g/mol. The van der Waals surface area contributed by atoms with Gasteiger partial charge in [0.25, 0.3) is 5.91 Å². The summed E-state index contributed by atoms with van der Waals surface area (Å²) in [7, 11) is 1.36. The third-order valence-corrected chi connectivity index (χ3v) is 10.5. The molecule has 1 N–H and O–H groups in total. The smallest absolute Gasteiger partial charge is 0.305 e. The van der Waals surface area contributed by atoms with Gasteiger partial charge in [0.05, 0.1) is 18.2 Å². The Hall–Kier alpha value is -4.34. The van der Waals surface area contributed by atoms with E-state index in [9.17, 15) is 14.4 Å².